The quantitative estimate of drug-likeness (QED) is 0.232. The van der Waals surface area contributed by atoms with Crippen LogP contribution < -0.4 is 21.5 Å². The van der Waals surface area contributed by atoms with Crippen molar-refractivity contribution in [3.8, 4) is 0 Å². The lowest BCUT2D eigenvalue weighted by Crippen LogP contribution is -2.29. The highest BCUT2D eigenvalue weighted by Crippen LogP contribution is 2.12. The zero-order chi connectivity index (χ0) is 15.3. The number of hydrogen-bond donors (Lipinski definition) is 4. The highest BCUT2D eigenvalue weighted by molar-refractivity contribution is 7.80. The second kappa shape index (κ2) is 10.9. The number of benzene rings is 1. The van der Waals surface area contributed by atoms with E-state index in [2.05, 4.69) is 28.4 Å². The molecule has 0 aliphatic carbocycles. The Hall–Kier alpha value is -1.82. The molecular weight excluding hydrogens is 284 g/mol. The van der Waals surface area contributed by atoms with Crippen LogP contribution in [0.3, 0.4) is 0 Å². The fraction of sp³-hybridized carbons (Fsp3) is 0.467. The molecule has 0 unspecified atom stereocenters. The summed E-state index contributed by atoms with van der Waals surface area (Å²) >= 11 is 5.24. The average molecular weight is 308 g/mol. The number of nitrogens with one attached hydrogen (secondary N) is 4. The van der Waals surface area contributed by atoms with E-state index in [1.54, 1.807) is 0 Å². The third-order valence-corrected chi connectivity index (χ3v) is 3.23. The summed E-state index contributed by atoms with van der Waals surface area (Å²) in [6.07, 6.45) is 6.84. The summed E-state index contributed by atoms with van der Waals surface area (Å²) in [6, 6.07) is 7.49. The molecule has 0 fully saturated rings. The molecule has 0 heterocycles. The van der Waals surface area contributed by atoms with Gasteiger partial charge in [-0.3, -0.25) is 15.6 Å². The number of thiocarbonyl (C=S) groups is 1. The molecule has 5 nitrogen and oxygen atoms in total. The van der Waals surface area contributed by atoms with Crippen LogP contribution in [0.2, 0.25) is 0 Å². The number of hydrogen-bond acceptors (Lipinski definition) is 3. The molecule has 0 saturated heterocycles. The highest BCUT2D eigenvalue weighted by Gasteiger charge is 1.98. The predicted molar refractivity (Wildman–Crippen MR) is 92.2 cm³/mol. The molecule has 0 aromatic heterocycles. The lowest BCUT2D eigenvalue weighted by Gasteiger charge is -2.11. The van der Waals surface area contributed by atoms with E-state index in [-0.39, 0.29) is 0 Å². The molecule has 0 aliphatic heterocycles. The Balaban J connectivity index is 2.20. The second-order valence-electron chi connectivity index (χ2n) is 4.76. The lowest BCUT2D eigenvalue weighted by atomic mass is 10.1. The molecule has 0 bridgehead atoms. The minimum atomic E-state index is 0.589. The van der Waals surface area contributed by atoms with Crippen molar-refractivity contribution in [3.05, 3.63) is 24.3 Å². The number of carbonyl (C=O) groups is 1. The molecule has 1 rings (SSSR count). The molecule has 0 aliphatic rings. The number of carbonyl (C=O) groups excluding carboxylic acids is 1. The van der Waals surface area contributed by atoms with Crippen molar-refractivity contribution in [3.63, 3.8) is 0 Å². The standard InChI is InChI=1S/C15H24N4OS/c1-2-3-4-5-6-11-16-15(21)18-13-7-9-14(10-8-13)19-17-12-20/h7-10,12,19H,2-6,11H2,1H3,(H,17,20)(H2,16,18,21). The normalized spacial score (nSPS) is 9.76. The topological polar surface area (TPSA) is 65.2 Å². The Morgan fingerprint density at radius 3 is 2.43 bits per heavy atom. The molecule has 0 saturated carbocycles. The maximum absolute atomic E-state index is 10.2. The minimum Gasteiger partial charge on any atom is -0.362 e. The summed E-state index contributed by atoms with van der Waals surface area (Å²) in [5.41, 5.74) is 6.84. The fourth-order valence-electron chi connectivity index (χ4n) is 1.86. The Morgan fingerprint density at radius 2 is 1.76 bits per heavy atom. The van der Waals surface area contributed by atoms with Crippen LogP contribution in [0.25, 0.3) is 0 Å². The van der Waals surface area contributed by atoms with E-state index in [0.717, 1.165) is 24.3 Å². The molecule has 6 heteroatoms. The van der Waals surface area contributed by atoms with Gasteiger partial charge in [0.15, 0.2) is 5.11 Å². The van der Waals surface area contributed by atoms with Crippen molar-refractivity contribution in [2.75, 3.05) is 17.3 Å². The van der Waals surface area contributed by atoms with Gasteiger partial charge in [-0.05, 0) is 42.9 Å². The maximum atomic E-state index is 10.2. The van der Waals surface area contributed by atoms with Gasteiger partial charge < -0.3 is 10.6 Å². The monoisotopic (exact) mass is 308 g/mol. The third kappa shape index (κ3) is 8.14. The summed E-state index contributed by atoms with van der Waals surface area (Å²) in [6.45, 7) is 3.12. The van der Waals surface area contributed by atoms with Gasteiger partial charge in [-0.15, -0.1) is 0 Å². The van der Waals surface area contributed by atoms with Crippen LogP contribution in [0, 0.1) is 0 Å². The first-order valence-corrected chi connectivity index (χ1v) is 7.77. The molecule has 1 amide bonds. The summed E-state index contributed by atoms with van der Waals surface area (Å²) in [5, 5.41) is 6.97. The van der Waals surface area contributed by atoms with Crippen molar-refractivity contribution >= 4 is 35.1 Å². The van der Waals surface area contributed by atoms with E-state index < -0.39 is 0 Å². The van der Waals surface area contributed by atoms with E-state index in [1.807, 2.05) is 24.3 Å². The molecule has 4 N–H and O–H groups in total. The largest absolute Gasteiger partial charge is 0.362 e. The van der Waals surface area contributed by atoms with Crippen LogP contribution in [-0.4, -0.2) is 18.1 Å². The van der Waals surface area contributed by atoms with Gasteiger partial charge in [-0.1, -0.05) is 32.6 Å². The van der Waals surface area contributed by atoms with Gasteiger partial charge in [0.25, 0.3) is 0 Å². The molecular formula is C15H24N4OS. The number of hydrazine groups is 1. The molecule has 0 atom stereocenters. The van der Waals surface area contributed by atoms with Crippen LogP contribution in [0.15, 0.2) is 24.3 Å². The van der Waals surface area contributed by atoms with Gasteiger partial charge in [0.05, 0.1) is 5.69 Å². The predicted octanol–water partition coefficient (Wildman–Crippen LogP) is 3.02. The van der Waals surface area contributed by atoms with Gasteiger partial charge >= 0.3 is 0 Å². The van der Waals surface area contributed by atoms with E-state index in [1.165, 1.54) is 25.7 Å². The highest BCUT2D eigenvalue weighted by atomic mass is 32.1. The Bertz CT molecular complexity index is 422. The van der Waals surface area contributed by atoms with Crippen LogP contribution in [0.4, 0.5) is 11.4 Å². The SMILES string of the molecule is CCCCCCCNC(=S)Nc1ccc(NNC=O)cc1. The van der Waals surface area contributed by atoms with E-state index in [4.69, 9.17) is 12.2 Å². The number of amides is 1. The first-order valence-electron chi connectivity index (χ1n) is 7.36. The molecule has 1 aromatic carbocycles. The first-order chi connectivity index (χ1) is 10.3. The molecule has 1 aromatic rings. The minimum absolute atomic E-state index is 0.589. The Kier molecular flexibility index (Phi) is 8.95. The van der Waals surface area contributed by atoms with Gasteiger partial charge in [-0.25, -0.2) is 0 Å². The molecule has 0 spiro atoms. The molecule has 0 radical (unpaired) electrons. The number of rotatable bonds is 10. The summed E-state index contributed by atoms with van der Waals surface area (Å²) < 4.78 is 0. The Labute approximate surface area is 131 Å². The van der Waals surface area contributed by atoms with E-state index >= 15 is 0 Å². The third-order valence-electron chi connectivity index (χ3n) is 2.98. The van der Waals surface area contributed by atoms with Gasteiger partial charge in [0.2, 0.25) is 6.41 Å². The van der Waals surface area contributed by atoms with Crippen LogP contribution in [0.1, 0.15) is 39.0 Å². The summed E-state index contributed by atoms with van der Waals surface area (Å²) in [5.74, 6) is 0. The lowest BCUT2D eigenvalue weighted by molar-refractivity contribution is -0.109. The van der Waals surface area contributed by atoms with Crippen molar-refractivity contribution in [1.29, 1.82) is 0 Å². The fourth-order valence-corrected chi connectivity index (χ4v) is 2.08. The smallest absolute Gasteiger partial charge is 0.225 e. The number of unbranched alkanes of at least 4 members (excludes halogenated alkanes) is 4. The van der Waals surface area contributed by atoms with Crippen molar-refractivity contribution in [2.45, 2.75) is 39.0 Å². The first kappa shape index (κ1) is 17.2. The molecule has 116 valence electrons. The second-order valence-corrected chi connectivity index (χ2v) is 5.17. The maximum Gasteiger partial charge on any atom is 0.225 e. The summed E-state index contributed by atoms with van der Waals surface area (Å²) in [4.78, 5) is 10.2. The summed E-state index contributed by atoms with van der Waals surface area (Å²) in [7, 11) is 0. The van der Waals surface area contributed by atoms with E-state index in [0.29, 0.717) is 11.5 Å². The number of anilines is 2. The molecule has 21 heavy (non-hydrogen) atoms. The van der Waals surface area contributed by atoms with Crippen LogP contribution in [-0.2, 0) is 4.79 Å². The van der Waals surface area contributed by atoms with Crippen molar-refractivity contribution in [2.24, 2.45) is 0 Å². The van der Waals surface area contributed by atoms with Gasteiger partial charge in [0, 0.05) is 12.2 Å². The van der Waals surface area contributed by atoms with Crippen molar-refractivity contribution in [1.82, 2.24) is 10.7 Å². The van der Waals surface area contributed by atoms with Crippen molar-refractivity contribution < 1.29 is 4.79 Å². The van der Waals surface area contributed by atoms with Gasteiger partial charge in [-0.2, -0.15) is 0 Å². The zero-order valence-electron chi connectivity index (χ0n) is 12.4. The van der Waals surface area contributed by atoms with Gasteiger partial charge in [0.1, 0.15) is 0 Å². The van der Waals surface area contributed by atoms with Crippen LogP contribution in [0.5, 0.6) is 0 Å². The van der Waals surface area contributed by atoms with E-state index in [9.17, 15) is 4.79 Å². The zero-order valence-corrected chi connectivity index (χ0v) is 13.3. The Morgan fingerprint density at radius 1 is 1.10 bits per heavy atom. The average Bonchev–Trinajstić information content (AvgIpc) is 2.50. The van der Waals surface area contributed by atoms with Crippen LogP contribution >= 0.6 is 12.2 Å².